The summed E-state index contributed by atoms with van der Waals surface area (Å²) in [4.78, 5) is 0. The minimum atomic E-state index is -0.984. The maximum absolute atomic E-state index is 8.82. The molecule has 1 aromatic rings. The van der Waals surface area contributed by atoms with Crippen LogP contribution in [-0.2, 0) is 6.42 Å². The van der Waals surface area contributed by atoms with Crippen LogP contribution in [0.5, 0.6) is 0 Å². The highest BCUT2D eigenvalue weighted by Crippen LogP contribution is 2.30. The molecule has 0 fully saturated rings. The lowest BCUT2D eigenvalue weighted by Gasteiger charge is -2.03. The summed E-state index contributed by atoms with van der Waals surface area (Å²) in [7, 11) is 0. The largest absolute Gasteiger partial charge is 0.324 e. The van der Waals surface area contributed by atoms with Gasteiger partial charge in [-0.2, -0.15) is 5.26 Å². The first-order valence-corrected chi connectivity index (χ1v) is 3.96. The molecular formula is C10H10N2. The zero-order valence-corrected chi connectivity index (χ0v) is 6.67. The van der Waals surface area contributed by atoms with Crippen LogP contribution in [0, 0.1) is 11.3 Å². The molecule has 2 N–H and O–H groups in total. The van der Waals surface area contributed by atoms with E-state index in [4.69, 9.17) is 12.4 Å². The molecule has 0 saturated carbocycles. The summed E-state index contributed by atoms with van der Waals surface area (Å²) < 4.78 is 7.81. The lowest BCUT2D eigenvalue weighted by molar-refractivity contribution is 0.713. The summed E-state index contributed by atoms with van der Waals surface area (Å²) >= 11 is 0. The Labute approximate surface area is 73.0 Å². The first-order chi connectivity index (χ1) is 6.15. The van der Waals surface area contributed by atoms with E-state index in [2.05, 4.69) is 6.07 Å². The van der Waals surface area contributed by atoms with Crippen LogP contribution >= 0.6 is 0 Å². The third kappa shape index (κ3) is 0.910. The van der Waals surface area contributed by atoms with Gasteiger partial charge in [0.15, 0.2) is 0 Å². The predicted molar refractivity (Wildman–Crippen MR) is 46.4 cm³/mol. The highest BCUT2D eigenvalue weighted by Gasteiger charge is 2.20. The molecule has 1 aliphatic rings. The quantitative estimate of drug-likeness (QED) is 0.623. The van der Waals surface area contributed by atoms with Crippen LogP contribution in [0.4, 0.5) is 0 Å². The van der Waals surface area contributed by atoms with Gasteiger partial charge in [-0.3, -0.25) is 0 Å². The monoisotopic (exact) mass is 159 g/mol. The highest BCUT2D eigenvalue weighted by molar-refractivity contribution is 5.46. The molecule has 0 saturated heterocycles. The Morgan fingerprint density at radius 1 is 1.67 bits per heavy atom. The maximum atomic E-state index is 8.82. The molecule has 0 bridgehead atoms. The van der Waals surface area contributed by atoms with E-state index < -0.39 is 6.02 Å². The van der Waals surface area contributed by atoms with Gasteiger partial charge >= 0.3 is 0 Å². The Kier molecular flexibility index (Phi) is 1.35. The Morgan fingerprint density at radius 3 is 3.25 bits per heavy atom. The standard InChI is InChI=1S/C10H10N2/c11-6-7-2-1-3-9-8(7)4-5-10(9)12/h1-3,10H,4-5,12H2/t10-/m0/s1/i10D. The lowest BCUT2D eigenvalue weighted by Crippen LogP contribution is -2.04. The van der Waals surface area contributed by atoms with Crippen LogP contribution in [0.2, 0.25) is 0 Å². The van der Waals surface area contributed by atoms with Crippen molar-refractivity contribution in [2.75, 3.05) is 0 Å². The van der Waals surface area contributed by atoms with Crippen LogP contribution in [0.25, 0.3) is 0 Å². The molecule has 0 radical (unpaired) electrons. The average molecular weight is 159 g/mol. The lowest BCUT2D eigenvalue weighted by atomic mass is 10.0. The number of benzene rings is 1. The number of hydrogen-bond donors (Lipinski definition) is 1. The summed E-state index contributed by atoms with van der Waals surface area (Å²) in [6.07, 6.45) is 1.36. The van der Waals surface area contributed by atoms with Gasteiger partial charge in [0.1, 0.15) is 0 Å². The number of nitrogens with zero attached hydrogens (tertiary/aromatic N) is 1. The van der Waals surface area contributed by atoms with Crippen molar-refractivity contribution in [3.63, 3.8) is 0 Å². The molecule has 12 heavy (non-hydrogen) atoms. The molecule has 2 rings (SSSR count). The van der Waals surface area contributed by atoms with Gasteiger partial charge in [-0.1, -0.05) is 12.1 Å². The van der Waals surface area contributed by atoms with Crippen LogP contribution in [0.1, 0.15) is 30.5 Å². The number of rotatable bonds is 0. The molecule has 0 heterocycles. The van der Waals surface area contributed by atoms with Crippen molar-refractivity contribution < 1.29 is 1.37 Å². The van der Waals surface area contributed by atoms with E-state index in [0.29, 0.717) is 12.0 Å². The van der Waals surface area contributed by atoms with Gasteiger partial charge in [-0.25, -0.2) is 0 Å². The molecule has 0 aliphatic heterocycles. The van der Waals surface area contributed by atoms with E-state index >= 15 is 0 Å². The number of nitriles is 1. The normalized spacial score (nSPS) is 27.5. The maximum Gasteiger partial charge on any atom is 0.0994 e. The first kappa shape index (κ1) is 6.22. The molecule has 1 aliphatic carbocycles. The van der Waals surface area contributed by atoms with Crippen molar-refractivity contribution in [1.82, 2.24) is 0 Å². The second-order valence-corrected chi connectivity index (χ2v) is 2.97. The molecule has 2 nitrogen and oxygen atoms in total. The minimum absolute atomic E-state index is 0.612. The molecule has 0 aromatic heterocycles. The predicted octanol–water partition coefficient (Wildman–Crippen LogP) is 1.50. The fourth-order valence-electron chi connectivity index (χ4n) is 1.66. The van der Waals surface area contributed by atoms with Crippen LogP contribution < -0.4 is 5.73 Å². The van der Waals surface area contributed by atoms with Gasteiger partial charge in [0, 0.05) is 6.02 Å². The zero-order chi connectivity index (χ0) is 9.47. The molecule has 60 valence electrons. The van der Waals surface area contributed by atoms with Crippen molar-refractivity contribution in [3.8, 4) is 6.07 Å². The van der Waals surface area contributed by atoms with Crippen molar-refractivity contribution in [3.05, 3.63) is 34.9 Å². The van der Waals surface area contributed by atoms with Gasteiger partial charge in [0.05, 0.1) is 13.0 Å². The topological polar surface area (TPSA) is 49.8 Å². The summed E-state index contributed by atoms with van der Waals surface area (Å²) in [5, 5.41) is 8.82. The smallest absolute Gasteiger partial charge is 0.0994 e. The molecular weight excluding hydrogens is 148 g/mol. The third-order valence-corrected chi connectivity index (χ3v) is 2.29. The van der Waals surface area contributed by atoms with Crippen LogP contribution in [0.15, 0.2) is 18.2 Å². The van der Waals surface area contributed by atoms with E-state index in [9.17, 15) is 0 Å². The van der Waals surface area contributed by atoms with E-state index in [0.717, 1.165) is 17.5 Å². The van der Waals surface area contributed by atoms with Crippen LogP contribution in [0.3, 0.4) is 0 Å². The van der Waals surface area contributed by atoms with Gasteiger partial charge < -0.3 is 5.73 Å². The summed E-state index contributed by atoms with van der Waals surface area (Å²) in [5.41, 5.74) is 8.21. The summed E-state index contributed by atoms with van der Waals surface area (Å²) in [6, 6.07) is 6.55. The van der Waals surface area contributed by atoms with Gasteiger partial charge in [0.2, 0.25) is 0 Å². The van der Waals surface area contributed by atoms with Crippen molar-refractivity contribution in [2.24, 2.45) is 5.73 Å². The fraction of sp³-hybridized carbons (Fsp3) is 0.300. The number of fused-ring (bicyclic) bond motifs is 1. The third-order valence-electron chi connectivity index (χ3n) is 2.29. The van der Waals surface area contributed by atoms with Crippen molar-refractivity contribution in [2.45, 2.75) is 18.9 Å². The zero-order valence-electron chi connectivity index (χ0n) is 7.67. The SMILES string of the molecule is [2H][C@]1(N)CCc2c(C#N)cccc21. The summed E-state index contributed by atoms with van der Waals surface area (Å²) in [5.74, 6) is 0. The number of nitrogens with two attached hydrogens (primary N) is 1. The van der Waals surface area contributed by atoms with E-state index in [1.807, 2.05) is 6.07 Å². The van der Waals surface area contributed by atoms with Gasteiger partial charge in [-0.05, 0) is 30.0 Å². The second-order valence-electron chi connectivity index (χ2n) is 2.97. The fourth-order valence-corrected chi connectivity index (χ4v) is 1.66. The summed E-state index contributed by atoms with van der Waals surface area (Å²) in [6.45, 7) is 0. The number of hydrogen-bond acceptors (Lipinski definition) is 2. The van der Waals surface area contributed by atoms with E-state index in [-0.39, 0.29) is 0 Å². The highest BCUT2D eigenvalue weighted by atomic mass is 14.6. The van der Waals surface area contributed by atoms with E-state index in [1.165, 1.54) is 0 Å². The minimum Gasteiger partial charge on any atom is -0.324 e. The van der Waals surface area contributed by atoms with Gasteiger partial charge in [0.25, 0.3) is 0 Å². The Hall–Kier alpha value is -1.33. The average Bonchev–Trinajstić information content (AvgIpc) is 2.43. The van der Waals surface area contributed by atoms with Crippen LogP contribution in [-0.4, -0.2) is 0 Å². The molecule has 2 heteroatoms. The van der Waals surface area contributed by atoms with E-state index in [1.54, 1.807) is 12.1 Å². The molecule has 1 aromatic carbocycles. The van der Waals surface area contributed by atoms with Gasteiger partial charge in [-0.15, -0.1) is 0 Å². The Morgan fingerprint density at radius 2 is 2.50 bits per heavy atom. The van der Waals surface area contributed by atoms with Crippen molar-refractivity contribution >= 4 is 0 Å². The Balaban J connectivity index is 2.64. The second kappa shape index (κ2) is 2.62. The molecule has 1 atom stereocenters. The molecule has 0 spiro atoms. The molecule has 0 amide bonds. The molecule has 0 unspecified atom stereocenters. The van der Waals surface area contributed by atoms with Crippen molar-refractivity contribution in [1.29, 1.82) is 5.26 Å². The Bertz CT molecular complexity index is 390. The first-order valence-electron chi connectivity index (χ1n) is 4.46.